The summed E-state index contributed by atoms with van der Waals surface area (Å²) in [4.78, 5) is 11.6. The molecule has 0 aliphatic heterocycles. The minimum atomic E-state index is -4.56. The van der Waals surface area contributed by atoms with Crippen LogP contribution < -0.4 is 10.1 Å². The van der Waals surface area contributed by atoms with Crippen LogP contribution in [-0.4, -0.2) is 18.1 Å². The lowest BCUT2D eigenvalue weighted by atomic mass is 10.2. The van der Waals surface area contributed by atoms with Gasteiger partial charge in [-0.15, -0.1) is 0 Å². The van der Waals surface area contributed by atoms with Gasteiger partial charge < -0.3 is 10.1 Å². The van der Waals surface area contributed by atoms with Gasteiger partial charge >= 0.3 is 6.18 Å². The van der Waals surface area contributed by atoms with E-state index < -0.39 is 35.5 Å². The average molecular weight is 286 g/mol. The Balaban J connectivity index is 2.84. The second-order valence-corrected chi connectivity index (χ2v) is 4.11. The van der Waals surface area contributed by atoms with Crippen LogP contribution in [-0.2, 0) is 11.0 Å². The summed E-state index contributed by atoms with van der Waals surface area (Å²) < 4.78 is 43.3. The third-order valence-corrected chi connectivity index (χ3v) is 2.42. The van der Waals surface area contributed by atoms with Crippen molar-refractivity contribution in [2.45, 2.75) is 32.2 Å². The molecule has 1 aromatic carbocycles. The van der Waals surface area contributed by atoms with E-state index in [1.54, 1.807) is 6.07 Å². The number of nitriles is 1. The number of rotatable bonds is 4. The van der Waals surface area contributed by atoms with Crippen molar-refractivity contribution in [3.63, 3.8) is 0 Å². The predicted molar refractivity (Wildman–Crippen MR) is 64.8 cm³/mol. The molecule has 20 heavy (non-hydrogen) atoms. The van der Waals surface area contributed by atoms with Gasteiger partial charge in [0, 0.05) is 0 Å². The number of benzene rings is 1. The molecule has 0 aromatic heterocycles. The van der Waals surface area contributed by atoms with Crippen molar-refractivity contribution in [3.8, 4) is 11.8 Å². The first-order valence-electron chi connectivity index (χ1n) is 5.78. The second kappa shape index (κ2) is 6.28. The van der Waals surface area contributed by atoms with E-state index in [-0.39, 0.29) is 0 Å². The lowest BCUT2D eigenvalue weighted by Gasteiger charge is -2.18. The van der Waals surface area contributed by atoms with Crippen LogP contribution in [0.2, 0.25) is 0 Å². The van der Waals surface area contributed by atoms with E-state index in [0.29, 0.717) is 0 Å². The Morgan fingerprint density at radius 3 is 2.50 bits per heavy atom. The van der Waals surface area contributed by atoms with Crippen molar-refractivity contribution in [1.29, 1.82) is 5.26 Å². The largest absolute Gasteiger partial charge is 0.480 e. The van der Waals surface area contributed by atoms with Crippen molar-refractivity contribution in [1.82, 2.24) is 5.32 Å². The summed E-state index contributed by atoms with van der Waals surface area (Å²) in [6.07, 6.45) is -5.71. The Kier molecular flexibility index (Phi) is 4.97. The number of ether oxygens (including phenoxy) is 1. The second-order valence-electron chi connectivity index (χ2n) is 4.11. The highest BCUT2D eigenvalue weighted by atomic mass is 19.4. The van der Waals surface area contributed by atoms with Crippen molar-refractivity contribution >= 4 is 5.91 Å². The van der Waals surface area contributed by atoms with Gasteiger partial charge in [0.2, 0.25) is 0 Å². The number of amides is 1. The molecule has 0 fully saturated rings. The Morgan fingerprint density at radius 2 is 1.95 bits per heavy atom. The quantitative estimate of drug-likeness (QED) is 0.925. The standard InChI is InChI=1S/C13H13F3N2O2/c1-8(7-17)18-12(19)9(2)20-11-6-4-3-5-10(11)13(14,15)16/h3-6,8-9H,1-2H3,(H,18,19)/t8-,9-/m0/s1. The molecule has 108 valence electrons. The molecule has 0 spiro atoms. The summed E-state index contributed by atoms with van der Waals surface area (Å²) >= 11 is 0. The normalized spacial score (nSPS) is 14.0. The Morgan fingerprint density at radius 1 is 1.35 bits per heavy atom. The molecule has 0 aliphatic rings. The van der Waals surface area contributed by atoms with Crippen molar-refractivity contribution < 1.29 is 22.7 Å². The smallest absolute Gasteiger partial charge is 0.419 e. The number of hydrogen-bond acceptors (Lipinski definition) is 3. The predicted octanol–water partition coefficient (Wildman–Crippen LogP) is 2.50. The maximum Gasteiger partial charge on any atom is 0.419 e. The number of carbonyl (C=O) groups excluding carboxylic acids is 1. The van der Waals surface area contributed by atoms with Crippen LogP contribution >= 0.6 is 0 Å². The molecule has 2 atom stereocenters. The summed E-state index contributed by atoms with van der Waals surface area (Å²) in [6.45, 7) is 2.76. The molecule has 4 nitrogen and oxygen atoms in total. The first-order chi connectivity index (χ1) is 9.25. The number of nitrogens with zero attached hydrogens (tertiary/aromatic N) is 1. The number of halogens is 3. The molecule has 0 radical (unpaired) electrons. The first-order valence-corrected chi connectivity index (χ1v) is 5.78. The summed E-state index contributed by atoms with van der Waals surface area (Å²) in [5.41, 5.74) is -0.951. The monoisotopic (exact) mass is 286 g/mol. The van der Waals surface area contributed by atoms with E-state index in [9.17, 15) is 18.0 Å². The molecular weight excluding hydrogens is 273 g/mol. The molecule has 1 aromatic rings. The average Bonchev–Trinajstić information content (AvgIpc) is 2.37. The maximum absolute atomic E-state index is 12.7. The van der Waals surface area contributed by atoms with Crippen LogP contribution in [0.15, 0.2) is 24.3 Å². The minimum absolute atomic E-state index is 0.424. The van der Waals surface area contributed by atoms with Gasteiger partial charge in [0.1, 0.15) is 11.8 Å². The molecule has 0 heterocycles. The third kappa shape index (κ3) is 4.16. The van der Waals surface area contributed by atoms with Crippen LogP contribution in [0.4, 0.5) is 13.2 Å². The van der Waals surface area contributed by atoms with Crippen LogP contribution in [0.3, 0.4) is 0 Å². The van der Waals surface area contributed by atoms with E-state index in [0.717, 1.165) is 12.1 Å². The highest BCUT2D eigenvalue weighted by Crippen LogP contribution is 2.36. The van der Waals surface area contributed by atoms with E-state index in [4.69, 9.17) is 10.00 Å². The fourth-order valence-electron chi connectivity index (χ4n) is 1.41. The van der Waals surface area contributed by atoms with Gasteiger partial charge in [0.25, 0.3) is 5.91 Å². The fourth-order valence-corrected chi connectivity index (χ4v) is 1.41. The molecule has 1 amide bonds. The van der Waals surface area contributed by atoms with Gasteiger partial charge in [-0.25, -0.2) is 0 Å². The first kappa shape index (κ1) is 15.8. The van der Waals surface area contributed by atoms with Gasteiger partial charge in [0.15, 0.2) is 6.10 Å². The van der Waals surface area contributed by atoms with Crippen LogP contribution in [0.1, 0.15) is 19.4 Å². The van der Waals surface area contributed by atoms with Crippen LogP contribution in [0, 0.1) is 11.3 Å². The Hall–Kier alpha value is -2.23. The van der Waals surface area contributed by atoms with E-state index in [1.165, 1.54) is 26.0 Å². The third-order valence-electron chi connectivity index (χ3n) is 2.42. The van der Waals surface area contributed by atoms with Gasteiger partial charge in [0.05, 0.1) is 11.6 Å². The Bertz CT molecular complexity index is 523. The van der Waals surface area contributed by atoms with E-state index in [1.807, 2.05) is 0 Å². The molecule has 7 heteroatoms. The lowest BCUT2D eigenvalue weighted by Crippen LogP contribution is -2.40. The lowest BCUT2D eigenvalue weighted by molar-refractivity contribution is -0.140. The Labute approximate surface area is 114 Å². The van der Waals surface area contributed by atoms with Gasteiger partial charge in [-0.2, -0.15) is 18.4 Å². The SMILES string of the molecule is C[C@H](Oc1ccccc1C(F)(F)F)C(=O)N[C@@H](C)C#N. The van der Waals surface area contributed by atoms with E-state index >= 15 is 0 Å². The molecule has 0 unspecified atom stereocenters. The summed E-state index contributed by atoms with van der Waals surface area (Å²) in [5, 5.41) is 10.9. The van der Waals surface area contributed by atoms with Crippen LogP contribution in [0.5, 0.6) is 5.75 Å². The number of carbonyl (C=O) groups is 1. The molecule has 0 saturated heterocycles. The van der Waals surface area contributed by atoms with Crippen molar-refractivity contribution in [2.75, 3.05) is 0 Å². The molecule has 0 bridgehead atoms. The zero-order valence-corrected chi connectivity index (χ0v) is 10.9. The highest BCUT2D eigenvalue weighted by Gasteiger charge is 2.34. The van der Waals surface area contributed by atoms with Crippen molar-refractivity contribution in [2.24, 2.45) is 0 Å². The minimum Gasteiger partial charge on any atom is -0.480 e. The summed E-state index contributed by atoms with van der Waals surface area (Å²) in [6, 6.07) is 5.67. The molecule has 1 rings (SSSR count). The number of para-hydroxylation sites is 1. The molecular formula is C13H13F3N2O2. The van der Waals surface area contributed by atoms with E-state index in [2.05, 4.69) is 5.32 Å². The maximum atomic E-state index is 12.7. The molecule has 1 N–H and O–H groups in total. The fraction of sp³-hybridized carbons (Fsp3) is 0.385. The summed E-state index contributed by atoms with van der Waals surface area (Å²) in [7, 11) is 0. The van der Waals surface area contributed by atoms with Crippen LogP contribution in [0.25, 0.3) is 0 Å². The van der Waals surface area contributed by atoms with Crippen molar-refractivity contribution in [3.05, 3.63) is 29.8 Å². The highest BCUT2D eigenvalue weighted by molar-refractivity contribution is 5.81. The number of hydrogen-bond donors (Lipinski definition) is 1. The number of nitrogens with one attached hydrogen (secondary N) is 1. The molecule has 0 aliphatic carbocycles. The van der Waals surface area contributed by atoms with Gasteiger partial charge in [-0.3, -0.25) is 4.79 Å². The van der Waals surface area contributed by atoms with Gasteiger partial charge in [-0.05, 0) is 26.0 Å². The van der Waals surface area contributed by atoms with Gasteiger partial charge in [-0.1, -0.05) is 12.1 Å². The zero-order valence-electron chi connectivity index (χ0n) is 10.9. The number of alkyl halides is 3. The molecule has 0 saturated carbocycles. The topological polar surface area (TPSA) is 62.1 Å². The summed E-state index contributed by atoms with van der Waals surface area (Å²) in [5.74, 6) is -1.08. The zero-order chi connectivity index (χ0) is 15.3.